The van der Waals surface area contributed by atoms with Gasteiger partial charge >= 0.3 is 0 Å². The number of hydrogen-bond acceptors (Lipinski definition) is 0. The predicted octanol–water partition coefficient (Wildman–Crippen LogP) is 6.60. The summed E-state index contributed by atoms with van der Waals surface area (Å²) in [5.41, 5.74) is 5.86. The number of benzene rings is 3. The van der Waals surface area contributed by atoms with Crippen molar-refractivity contribution in [2.75, 3.05) is 0 Å². The third-order valence-electron chi connectivity index (χ3n) is 5.56. The van der Waals surface area contributed by atoms with Gasteiger partial charge in [-0.25, -0.2) is 0 Å². The normalized spacial score (nSPS) is 16.7. The number of hydrogen-bond donors (Lipinski definition) is 0. The van der Waals surface area contributed by atoms with E-state index in [9.17, 15) is 0 Å². The Morgan fingerprint density at radius 3 is 1.83 bits per heavy atom. The molecule has 0 saturated heterocycles. The quantitative estimate of drug-likeness (QED) is 0.511. The molecule has 0 heteroatoms. The first-order valence-corrected chi connectivity index (χ1v) is 9.11. The lowest BCUT2D eigenvalue weighted by atomic mass is 9.64. The van der Waals surface area contributed by atoms with Crippen LogP contribution in [0, 0.1) is 0 Å². The second-order valence-corrected chi connectivity index (χ2v) is 6.92. The molecule has 0 spiro atoms. The molecule has 0 amide bonds. The molecule has 0 nitrogen and oxygen atoms in total. The van der Waals surface area contributed by atoms with E-state index in [1.807, 2.05) is 0 Å². The van der Waals surface area contributed by atoms with Gasteiger partial charge in [0.1, 0.15) is 0 Å². The van der Waals surface area contributed by atoms with Crippen molar-refractivity contribution in [1.82, 2.24) is 0 Å². The van der Waals surface area contributed by atoms with E-state index in [4.69, 9.17) is 0 Å². The van der Waals surface area contributed by atoms with Crippen LogP contribution >= 0.6 is 0 Å². The van der Waals surface area contributed by atoms with Crippen LogP contribution in [-0.4, -0.2) is 0 Å². The van der Waals surface area contributed by atoms with Gasteiger partial charge in [-0.1, -0.05) is 104 Å². The van der Waals surface area contributed by atoms with E-state index in [2.05, 4.69) is 84.9 Å². The summed E-state index contributed by atoms with van der Waals surface area (Å²) in [6.45, 7) is 0. The van der Waals surface area contributed by atoms with E-state index < -0.39 is 0 Å². The molecule has 3 aromatic rings. The van der Waals surface area contributed by atoms with Crippen LogP contribution in [0.1, 0.15) is 43.2 Å². The largest absolute Gasteiger partial charge is 0.0622 e. The van der Waals surface area contributed by atoms with E-state index in [-0.39, 0.29) is 5.41 Å². The van der Waals surface area contributed by atoms with E-state index in [0.29, 0.717) is 0 Å². The summed E-state index contributed by atoms with van der Waals surface area (Å²) in [6, 6.07) is 31.1. The van der Waals surface area contributed by atoms with Crippen LogP contribution < -0.4 is 0 Å². The topological polar surface area (TPSA) is 0 Å². The molecule has 0 radical (unpaired) electrons. The molecule has 3 aromatic carbocycles. The van der Waals surface area contributed by atoms with E-state index in [0.717, 1.165) is 0 Å². The third kappa shape index (κ3) is 2.67. The summed E-state index contributed by atoms with van der Waals surface area (Å²) in [6.07, 6.45) is 6.50. The molecule has 0 aliphatic heterocycles. The molecule has 0 N–H and O–H groups in total. The third-order valence-corrected chi connectivity index (χ3v) is 5.56. The first-order chi connectivity index (χ1) is 11.9. The van der Waals surface area contributed by atoms with Crippen LogP contribution in [0.2, 0.25) is 0 Å². The van der Waals surface area contributed by atoms with Crippen molar-refractivity contribution in [2.24, 2.45) is 0 Å². The zero-order valence-electron chi connectivity index (χ0n) is 14.1. The highest BCUT2D eigenvalue weighted by Crippen LogP contribution is 2.47. The van der Waals surface area contributed by atoms with Gasteiger partial charge in [-0.05, 0) is 35.1 Å². The van der Waals surface area contributed by atoms with Crippen LogP contribution in [0.15, 0.2) is 84.9 Å². The Morgan fingerprint density at radius 2 is 1.12 bits per heavy atom. The van der Waals surface area contributed by atoms with E-state index in [1.165, 1.54) is 54.4 Å². The van der Waals surface area contributed by atoms with Crippen LogP contribution in [0.25, 0.3) is 11.1 Å². The summed E-state index contributed by atoms with van der Waals surface area (Å²) >= 11 is 0. The van der Waals surface area contributed by atoms with Gasteiger partial charge in [0.15, 0.2) is 0 Å². The lowest BCUT2D eigenvalue weighted by Gasteiger charge is -2.40. The molecular formula is C24H24. The SMILES string of the molecule is c1ccc(-c2ccccc2C2(c3ccccc3)CCCCC2)cc1. The maximum atomic E-state index is 2.36. The molecule has 24 heavy (non-hydrogen) atoms. The molecule has 120 valence electrons. The highest BCUT2D eigenvalue weighted by Gasteiger charge is 2.37. The lowest BCUT2D eigenvalue weighted by molar-refractivity contribution is 0.347. The van der Waals surface area contributed by atoms with Crippen molar-refractivity contribution < 1.29 is 0 Å². The molecule has 1 fully saturated rings. The van der Waals surface area contributed by atoms with Gasteiger partial charge in [0.25, 0.3) is 0 Å². The Morgan fingerprint density at radius 1 is 0.542 bits per heavy atom. The predicted molar refractivity (Wildman–Crippen MR) is 102 cm³/mol. The summed E-state index contributed by atoms with van der Waals surface area (Å²) in [5, 5.41) is 0. The lowest BCUT2D eigenvalue weighted by Crippen LogP contribution is -2.31. The molecule has 4 rings (SSSR count). The van der Waals surface area contributed by atoms with Crippen LogP contribution in [-0.2, 0) is 5.41 Å². The highest BCUT2D eigenvalue weighted by molar-refractivity contribution is 5.70. The molecule has 0 unspecified atom stereocenters. The fourth-order valence-corrected chi connectivity index (χ4v) is 4.40. The maximum Gasteiger partial charge on any atom is 0.0209 e. The van der Waals surface area contributed by atoms with Crippen LogP contribution in [0.3, 0.4) is 0 Å². The van der Waals surface area contributed by atoms with Gasteiger partial charge < -0.3 is 0 Å². The van der Waals surface area contributed by atoms with Crippen LogP contribution in [0.4, 0.5) is 0 Å². The Balaban J connectivity index is 1.92. The molecule has 0 bridgehead atoms. The van der Waals surface area contributed by atoms with Gasteiger partial charge in [-0.15, -0.1) is 0 Å². The number of rotatable bonds is 3. The monoisotopic (exact) mass is 312 g/mol. The van der Waals surface area contributed by atoms with Crippen molar-refractivity contribution >= 4 is 0 Å². The van der Waals surface area contributed by atoms with Crippen molar-refractivity contribution in [3.63, 3.8) is 0 Å². The van der Waals surface area contributed by atoms with Gasteiger partial charge in [0, 0.05) is 5.41 Å². The minimum atomic E-state index is 0.159. The van der Waals surface area contributed by atoms with Gasteiger partial charge in [0.2, 0.25) is 0 Å². The van der Waals surface area contributed by atoms with Crippen molar-refractivity contribution in [3.8, 4) is 11.1 Å². The second-order valence-electron chi connectivity index (χ2n) is 6.92. The van der Waals surface area contributed by atoms with E-state index in [1.54, 1.807) is 0 Å². The van der Waals surface area contributed by atoms with Crippen molar-refractivity contribution in [2.45, 2.75) is 37.5 Å². The fraction of sp³-hybridized carbons (Fsp3) is 0.250. The summed E-state index contributed by atoms with van der Waals surface area (Å²) < 4.78 is 0. The van der Waals surface area contributed by atoms with Gasteiger partial charge in [0.05, 0.1) is 0 Å². The smallest absolute Gasteiger partial charge is 0.0209 e. The first kappa shape index (κ1) is 15.2. The molecular weight excluding hydrogens is 288 g/mol. The molecule has 0 aromatic heterocycles. The summed E-state index contributed by atoms with van der Waals surface area (Å²) in [4.78, 5) is 0. The minimum absolute atomic E-state index is 0.159. The summed E-state index contributed by atoms with van der Waals surface area (Å²) in [5.74, 6) is 0. The maximum absolute atomic E-state index is 2.36. The highest BCUT2D eigenvalue weighted by atomic mass is 14.4. The Hall–Kier alpha value is -2.34. The average Bonchev–Trinajstić information content (AvgIpc) is 2.70. The molecule has 0 atom stereocenters. The second kappa shape index (κ2) is 6.65. The fourth-order valence-electron chi connectivity index (χ4n) is 4.40. The van der Waals surface area contributed by atoms with Crippen LogP contribution in [0.5, 0.6) is 0 Å². The minimum Gasteiger partial charge on any atom is -0.0622 e. The average molecular weight is 312 g/mol. The Bertz CT molecular complexity index is 781. The molecule has 1 saturated carbocycles. The Kier molecular flexibility index (Phi) is 4.21. The van der Waals surface area contributed by atoms with Gasteiger partial charge in [-0.3, -0.25) is 0 Å². The van der Waals surface area contributed by atoms with Gasteiger partial charge in [-0.2, -0.15) is 0 Å². The zero-order chi connectivity index (χ0) is 16.2. The standard InChI is InChI=1S/C24H24/c1-4-12-20(13-5-1)22-16-8-9-17-23(22)24(18-10-3-11-19-24)21-14-6-2-7-15-21/h1-2,4-9,12-17H,3,10-11,18-19H2. The summed E-state index contributed by atoms with van der Waals surface area (Å²) in [7, 11) is 0. The van der Waals surface area contributed by atoms with E-state index >= 15 is 0 Å². The first-order valence-electron chi connectivity index (χ1n) is 9.11. The molecule has 0 heterocycles. The molecule has 1 aliphatic carbocycles. The zero-order valence-corrected chi connectivity index (χ0v) is 14.1. The Labute approximate surface area is 145 Å². The van der Waals surface area contributed by atoms with Crippen molar-refractivity contribution in [3.05, 3.63) is 96.1 Å². The molecule has 1 aliphatic rings. The van der Waals surface area contributed by atoms with Crippen molar-refractivity contribution in [1.29, 1.82) is 0 Å².